The Bertz CT molecular complexity index is 1320. The SMILES string of the molecule is C=C(C)c1noc(-c2cc(C(C)C)c(O)cc2O)c1-c1ccc(CN2CCOCC2)cc1.COC(=O)CSC.O=CO. The lowest BCUT2D eigenvalue weighted by Crippen LogP contribution is -2.35. The van der Waals surface area contributed by atoms with E-state index >= 15 is 0 Å². The van der Waals surface area contributed by atoms with Gasteiger partial charge in [-0.15, -0.1) is 0 Å². The molecule has 0 amide bonds. The van der Waals surface area contributed by atoms with E-state index in [9.17, 15) is 15.0 Å². The van der Waals surface area contributed by atoms with Gasteiger partial charge in [0.2, 0.25) is 0 Å². The lowest BCUT2D eigenvalue weighted by molar-refractivity contribution is -0.137. The second-order valence-corrected chi connectivity index (χ2v) is 10.7. The molecule has 1 aliphatic rings. The molecule has 4 rings (SSSR count). The largest absolute Gasteiger partial charge is 0.508 e. The molecule has 228 valence electrons. The third-order valence-corrected chi connectivity index (χ3v) is 6.87. The number of carbonyl (C=O) groups excluding carboxylic acids is 1. The second-order valence-electron chi connectivity index (χ2n) is 9.80. The first-order valence-electron chi connectivity index (χ1n) is 13.3. The van der Waals surface area contributed by atoms with Crippen molar-refractivity contribution in [3.63, 3.8) is 0 Å². The highest BCUT2D eigenvalue weighted by Gasteiger charge is 2.24. The predicted octanol–water partition coefficient (Wildman–Crippen LogP) is 5.63. The van der Waals surface area contributed by atoms with Crippen LogP contribution in [0.5, 0.6) is 11.5 Å². The molecule has 3 aromatic rings. The fourth-order valence-corrected chi connectivity index (χ4v) is 4.60. The maximum absolute atomic E-state index is 10.6. The van der Waals surface area contributed by atoms with E-state index in [1.807, 2.05) is 27.0 Å². The van der Waals surface area contributed by atoms with Crippen LogP contribution in [0.1, 0.15) is 43.5 Å². The number of carboxylic acid groups (broad SMARTS) is 1. The summed E-state index contributed by atoms with van der Waals surface area (Å²) < 4.78 is 15.5. The minimum atomic E-state index is -0.250. The normalized spacial score (nSPS) is 12.9. The van der Waals surface area contributed by atoms with Gasteiger partial charge in [0.1, 0.15) is 17.2 Å². The number of benzene rings is 2. The van der Waals surface area contributed by atoms with Crippen LogP contribution in [0.4, 0.5) is 0 Å². The Morgan fingerprint density at radius 3 is 2.29 bits per heavy atom. The highest BCUT2D eigenvalue weighted by Crippen LogP contribution is 2.44. The van der Waals surface area contributed by atoms with Crippen LogP contribution < -0.4 is 0 Å². The van der Waals surface area contributed by atoms with Gasteiger partial charge in [0.05, 0.1) is 37.2 Å². The zero-order chi connectivity index (χ0) is 31.2. The van der Waals surface area contributed by atoms with Crippen LogP contribution in [0.3, 0.4) is 0 Å². The summed E-state index contributed by atoms with van der Waals surface area (Å²) in [6.07, 6.45) is 1.86. The van der Waals surface area contributed by atoms with Crippen LogP contribution in [0.25, 0.3) is 28.0 Å². The highest BCUT2D eigenvalue weighted by molar-refractivity contribution is 7.99. The second kappa shape index (κ2) is 17.2. The molecule has 11 heteroatoms. The first kappa shape index (κ1) is 34.4. The van der Waals surface area contributed by atoms with Crippen LogP contribution >= 0.6 is 11.8 Å². The molecule has 0 bridgehead atoms. The fourth-order valence-electron chi connectivity index (χ4n) is 4.24. The molecule has 1 aromatic heterocycles. The molecular weight excluding hydrogens is 560 g/mol. The summed E-state index contributed by atoms with van der Waals surface area (Å²) in [6, 6.07) is 11.5. The fraction of sp³-hybridized carbons (Fsp3) is 0.387. The summed E-state index contributed by atoms with van der Waals surface area (Å²) in [6.45, 7) is 14.0. The number of hydrogen-bond acceptors (Lipinski definition) is 10. The van der Waals surface area contributed by atoms with E-state index in [2.05, 4.69) is 45.6 Å². The minimum absolute atomic E-state index is 0.0542. The molecule has 0 spiro atoms. The van der Waals surface area contributed by atoms with Crippen molar-refractivity contribution in [1.29, 1.82) is 0 Å². The maximum atomic E-state index is 10.6. The number of ether oxygens (including phenoxy) is 2. The molecule has 0 atom stereocenters. The van der Waals surface area contributed by atoms with Crippen LogP contribution in [0.2, 0.25) is 0 Å². The molecule has 2 aromatic carbocycles. The van der Waals surface area contributed by atoms with Crippen molar-refractivity contribution >= 4 is 29.8 Å². The summed E-state index contributed by atoms with van der Waals surface area (Å²) >= 11 is 1.46. The van der Waals surface area contributed by atoms with Gasteiger partial charge in [0.15, 0.2) is 5.76 Å². The number of nitrogens with zero attached hydrogens (tertiary/aromatic N) is 2. The molecule has 2 heterocycles. The van der Waals surface area contributed by atoms with Crippen molar-refractivity contribution in [2.24, 2.45) is 0 Å². The van der Waals surface area contributed by atoms with E-state index in [0.29, 0.717) is 22.8 Å². The van der Waals surface area contributed by atoms with Gasteiger partial charge in [-0.3, -0.25) is 14.5 Å². The molecule has 42 heavy (non-hydrogen) atoms. The Morgan fingerprint density at radius 1 is 1.17 bits per heavy atom. The number of carbonyl (C=O) groups is 2. The number of phenolic OH excluding ortho intramolecular Hbond substituents is 2. The van der Waals surface area contributed by atoms with Crippen molar-refractivity contribution in [1.82, 2.24) is 10.1 Å². The Balaban J connectivity index is 0.000000534. The van der Waals surface area contributed by atoms with Crippen molar-refractivity contribution in [2.45, 2.75) is 33.2 Å². The molecule has 0 unspecified atom stereocenters. The standard InChI is InChI=1S/C26H30N2O4.C4H8O2S.CH2O2/c1-16(2)20-13-21(23(30)14-22(20)29)26-24(25(17(3)4)27-32-26)19-7-5-18(6-8-19)15-28-9-11-31-12-10-28;1-6-4(5)3-7-2;2-1-3/h5-8,13-14,16,29-30H,3,9-12,15H2,1-2,4H3;3H2,1-2H3;1H,(H,2,3). The van der Waals surface area contributed by atoms with E-state index in [4.69, 9.17) is 19.2 Å². The Labute approximate surface area is 250 Å². The van der Waals surface area contributed by atoms with Gasteiger partial charge in [-0.05, 0) is 47.4 Å². The molecule has 1 aliphatic heterocycles. The first-order chi connectivity index (χ1) is 20.1. The smallest absolute Gasteiger partial charge is 0.315 e. The Hall–Kier alpha value is -3.80. The third-order valence-electron chi connectivity index (χ3n) is 6.35. The van der Waals surface area contributed by atoms with Crippen molar-refractivity contribution in [3.05, 3.63) is 59.8 Å². The number of phenols is 2. The Morgan fingerprint density at radius 2 is 1.79 bits per heavy atom. The number of methoxy groups -OCH3 is 1. The molecule has 0 aliphatic carbocycles. The highest BCUT2D eigenvalue weighted by atomic mass is 32.2. The van der Waals surface area contributed by atoms with Gasteiger partial charge in [0, 0.05) is 25.7 Å². The van der Waals surface area contributed by atoms with Gasteiger partial charge in [-0.1, -0.05) is 49.8 Å². The number of aromatic hydroxyl groups is 2. The van der Waals surface area contributed by atoms with Crippen LogP contribution in [-0.2, 0) is 25.6 Å². The van der Waals surface area contributed by atoms with Gasteiger partial charge in [0.25, 0.3) is 6.47 Å². The van der Waals surface area contributed by atoms with Crippen LogP contribution in [-0.4, -0.2) is 83.2 Å². The zero-order valence-corrected chi connectivity index (χ0v) is 25.6. The summed E-state index contributed by atoms with van der Waals surface area (Å²) in [4.78, 5) is 20.9. The van der Waals surface area contributed by atoms with Gasteiger partial charge in [-0.25, -0.2) is 0 Å². The number of esters is 1. The van der Waals surface area contributed by atoms with Gasteiger partial charge in [-0.2, -0.15) is 11.8 Å². The van der Waals surface area contributed by atoms with Crippen LogP contribution in [0.15, 0.2) is 47.5 Å². The molecule has 1 saturated heterocycles. The quantitative estimate of drug-likeness (QED) is 0.219. The number of aromatic nitrogens is 1. The summed E-state index contributed by atoms with van der Waals surface area (Å²) in [5.74, 6) is 0.851. The topological polar surface area (TPSA) is 143 Å². The van der Waals surface area contributed by atoms with Gasteiger partial charge < -0.3 is 29.3 Å². The van der Waals surface area contributed by atoms with Crippen molar-refractivity contribution in [2.75, 3.05) is 45.4 Å². The number of morpholine rings is 1. The van der Waals surface area contributed by atoms with Gasteiger partial charge >= 0.3 is 5.97 Å². The molecule has 0 saturated carbocycles. The molecule has 1 fully saturated rings. The number of hydrogen-bond donors (Lipinski definition) is 3. The van der Waals surface area contributed by atoms with E-state index in [-0.39, 0.29) is 29.9 Å². The minimum Gasteiger partial charge on any atom is -0.508 e. The first-order valence-corrected chi connectivity index (χ1v) is 14.7. The lowest BCUT2D eigenvalue weighted by Gasteiger charge is -2.26. The van der Waals surface area contributed by atoms with E-state index in [0.717, 1.165) is 55.1 Å². The summed E-state index contributed by atoms with van der Waals surface area (Å²) in [5, 5.41) is 32.0. The monoisotopic (exact) mass is 600 g/mol. The average molecular weight is 601 g/mol. The number of allylic oxidation sites excluding steroid dienone is 1. The van der Waals surface area contributed by atoms with E-state index < -0.39 is 0 Å². The Kier molecular flexibility index (Phi) is 14.1. The average Bonchev–Trinajstić information content (AvgIpc) is 3.40. The predicted molar refractivity (Wildman–Crippen MR) is 165 cm³/mol. The lowest BCUT2D eigenvalue weighted by atomic mass is 9.93. The number of rotatable bonds is 8. The van der Waals surface area contributed by atoms with E-state index in [1.54, 1.807) is 6.07 Å². The summed E-state index contributed by atoms with van der Waals surface area (Å²) in [5.41, 5.74) is 5.60. The molecular formula is C31H40N2O8S. The number of thioether (sulfide) groups is 1. The van der Waals surface area contributed by atoms with E-state index in [1.165, 1.54) is 30.5 Å². The molecule has 3 N–H and O–H groups in total. The van der Waals surface area contributed by atoms with Crippen molar-refractivity contribution in [3.8, 4) is 33.9 Å². The van der Waals surface area contributed by atoms with Crippen LogP contribution in [0, 0.1) is 0 Å². The zero-order valence-electron chi connectivity index (χ0n) is 24.8. The molecule has 10 nitrogen and oxygen atoms in total. The summed E-state index contributed by atoms with van der Waals surface area (Å²) in [7, 11) is 1.39. The molecule has 0 radical (unpaired) electrons. The maximum Gasteiger partial charge on any atom is 0.315 e. The van der Waals surface area contributed by atoms with Crippen molar-refractivity contribution < 1.29 is 38.9 Å². The third kappa shape index (κ3) is 9.64.